The first-order valence-corrected chi connectivity index (χ1v) is 3.59. The van der Waals surface area contributed by atoms with Gasteiger partial charge in [-0.15, -0.1) is 0 Å². The summed E-state index contributed by atoms with van der Waals surface area (Å²) in [5.41, 5.74) is -1.01. The SMILES string of the molecule is CC1(C)NCCCC1(F)F. The van der Waals surface area contributed by atoms with E-state index in [2.05, 4.69) is 5.32 Å². The minimum atomic E-state index is -2.54. The normalized spacial score (nSPS) is 30.0. The molecule has 0 amide bonds. The van der Waals surface area contributed by atoms with Crippen LogP contribution in [0.25, 0.3) is 0 Å². The Morgan fingerprint density at radius 1 is 1.30 bits per heavy atom. The topological polar surface area (TPSA) is 12.0 Å². The van der Waals surface area contributed by atoms with Crippen LogP contribution in [0.5, 0.6) is 0 Å². The highest BCUT2D eigenvalue weighted by molar-refractivity contribution is 4.95. The van der Waals surface area contributed by atoms with Gasteiger partial charge in [-0.1, -0.05) is 0 Å². The van der Waals surface area contributed by atoms with Crippen molar-refractivity contribution in [2.75, 3.05) is 6.54 Å². The average Bonchev–Trinajstić information content (AvgIpc) is 1.77. The maximum atomic E-state index is 12.9. The Bertz CT molecular complexity index is 116. The van der Waals surface area contributed by atoms with E-state index in [4.69, 9.17) is 0 Å². The monoisotopic (exact) mass is 149 g/mol. The fraction of sp³-hybridized carbons (Fsp3) is 1.00. The van der Waals surface area contributed by atoms with E-state index in [1.165, 1.54) is 0 Å². The van der Waals surface area contributed by atoms with Crippen LogP contribution in [0.4, 0.5) is 8.78 Å². The van der Waals surface area contributed by atoms with Crippen molar-refractivity contribution >= 4 is 0 Å². The number of piperidine rings is 1. The van der Waals surface area contributed by atoms with E-state index in [9.17, 15) is 8.78 Å². The second-order valence-electron chi connectivity index (χ2n) is 3.36. The quantitative estimate of drug-likeness (QED) is 0.553. The van der Waals surface area contributed by atoms with Gasteiger partial charge in [0.25, 0.3) is 5.92 Å². The summed E-state index contributed by atoms with van der Waals surface area (Å²) in [6.45, 7) is 3.81. The summed E-state index contributed by atoms with van der Waals surface area (Å²) in [5.74, 6) is -2.54. The van der Waals surface area contributed by atoms with Crippen LogP contribution in [0.1, 0.15) is 26.7 Å². The lowest BCUT2D eigenvalue weighted by molar-refractivity contribution is -0.0983. The summed E-state index contributed by atoms with van der Waals surface area (Å²) in [7, 11) is 0. The van der Waals surface area contributed by atoms with E-state index >= 15 is 0 Å². The Labute approximate surface area is 59.8 Å². The molecule has 0 saturated carbocycles. The molecule has 1 aliphatic heterocycles. The Hall–Kier alpha value is -0.180. The third-order valence-electron chi connectivity index (χ3n) is 2.15. The first-order chi connectivity index (χ1) is 4.46. The van der Waals surface area contributed by atoms with Crippen LogP contribution in [-0.2, 0) is 0 Å². The van der Waals surface area contributed by atoms with Gasteiger partial charge < -0.3 is 5.32 Å². The van der Waals surface area contributed by atoms with E-state index < -0.39 is 11.5 Å². The molecule has 0 aromatic carbocycles. The van der Waals surface area contributed by atoms with Crippen molar-refractivity contribution in [1.82, 2.24) is 5.32 Å². The zero-order chi connectivity index (χ0) is 7.83. The molecule has 0 bridgehead atoms. The Balaban J connectivity index is 2.70. The number of nitrogens with one attached hydrogen (secondary N) is 1. The highest BCUT2D eigenvalue weighted by Crippen LogP contribution is 2.35. The average molecular weight is 149 g/mol. The maximum absolute atomic E-state index is 12.9. The van der Waals surface area contributed by atoms with Crippen molar-refractivity contribution in [3.63, 3.8) is 0 Å². The third kappa shape index (κ3) is 1.15. The lowest BCUT2D eigenvalue weighted by Crippen LogP contribution is -2.57. The molecule has 1 nitrogen and oxygen atoms in total. The second kappa shape index (κ2) is 2.16. The molecule has 1 aliphatic rings. The highest BCUT2D eigenvalue weighted by Gasteiger charge is 2.47. The Morgan fingerprint density at radius 3 is 2.20 bits per heavy atom. The summed E-state index contributed by atoms with van der Waals surface area (Å²) in [6, 6.07) is 0. The third-order valence-corrected chi connectivity index (χ3v) is 2.15. The van der Waals surface area contributed by atoms with Crippen LogP contribution in [0.15, 0.2) is 0 Å². The fourth-order valence-corrected chi connectivity index (χ4v) is 1.15. The highest BCUT2D eigenvalue weighted by atomic mass is 19.3. The fourth-order valence-electron chi connectivity index (χ4n) is 1.15. The number of hydrogen-bond acceptors (Lipinski definition) is 1. The Morgan fingerprint density at radius 2 is 1.90 bits per heavy atom. The van der Waals surface area contributed by atoms with Crippen molar-refractivity contribution in [2.45, 2.75) is 38.2 Å². The molecule has 1 heterocycles. The zero-order valence-corrected chi connectivity index (χ0v) is 6.38. The van der Waals surface area contributed by atoms with Gasteiger partial charge in [0.05, 0.1) is 5.54 Å². The van der Waals surface area contributed by atoms with Gasteiger partial charge in [-0.2, -0.15) is 0 Å². The lowest BCUT2D eigenvalue weighted by Gasteiger charge is -2.39. The van der Waals surface area contributed by atoms with Gasteiger partial charge >= 0.3 is 0 Å². The van der Waals surface area contributed by atoms with Crippen molar-refractivity contribution in [3.8, 4) is 0 Å². The van der Waals surface area contributed by atoms with Crippen LogP contribution in [0.2, 0.25) is 0 Å². The minimum Gasteiger partial charge on any atom is -0.307 e. The summed E-state index contributed by atoms with van der Waals surface area (Å²) < 4.78 is 25.8. The predicted molar refractivity (Wildman–Crippen MR) is 36.3 cm³/mol. The van der Waals surface area contributed by atoms with Gasteiger partial charge in [0.1, 0.15) is 0 Å². The summed E-state index contributed by atoms with van der Waals surface area (Å²) in [6.07, 6.45) is 0.601. The molecule has 1 rings (SSSR count). The Kier molecular flexibility index (Phi) is 1.71. The molecule has 10 heavy (non-hydrogen) atoms. The molecule has 1 N–H and O–H groups in total. The van der Waals surface area contributed by atoms with Gasteiger partial charge in [-0.05, 0) is 26.8 Å². The minimum absolute atomic E-state index is 0.0208. The zero-order valence-electron chi connectivity index (χ0n) is 6.38. The summed E-state index contributed by atoms with van der Waals surface area (Å²) in [4.78, 5) is 0. The number of hydrogen-bond donors (Lipinski definition) is 1. The molecule has 1 saturated heterocycles. The molecule has 1 fully saturated rings. The summed E-state index contributed by atoms with van der Waals surface area (Å²) >= 11 is 0. The largest absolute Gasteiger partial charge is 0.307 e. The van der Waals surface area contributed by atoms with Crippen molar-refractivity contribution < 1.29 is 8.78 Å². The van der Waals surface area contributed by atoms with Crippen LogP contribution in [-0.4, -0.2) is 18.0 Å². The first-order valence-electron chi connectivity index (χ1n) is 3.59. The molecule has 0 aliphatic carbocycles. The number of halogens is 2. The van der Waals surface area contributed by atoms with E-state index in [1.807, 2.05) is 0 Å². The predicted octanol–water partition coefficient (Wildman–Crippen LogP) is 1.78. The van der Waals surface area contributed by atoms with Gasteiger partial charge in [0.15, 0.2) is 0 Å². The van der Waals surface area contributed by atoms with E-state index in [1.54, 1.807) is 13.8 Å². The van der Waals surface area contributed by atoms with Crippen molar-refractivity contribution in [1.29, 1.82) is 0 Å². The smallest absolute Gasteiger partial charge is 0.265 e. The van der Waals surface area contributed by atoms with Crippen LogP contribution in [0.3, 0.4) is 0 Å². The van der Waals surface area contributed by atoms with Gasteiger partial charge in [-0.3, -0.25) is 0 Å². The lowest BCUT2D eigenvalue weighted by atomic mass is 9.89. The first kappa shape index (κ1) is 7.92. The second-order valence-corrected chi connectivity index (χ2v) is 3.36. The molecule has 3 heteroatoms. The van der Waals surface area contributed by atoms with Crippen LogP contribution >= 0.6 is 0 Å². The molecular formula is C7H13F2N. The molecule has 0 aromatic rings. The van der Waals surface area contributed by atoms with Crippen LogP contribution < -0.4 is 5.32 Å². The van der Waals surface area contributed by atoms with E-state index in [0.717, 1.165) is 0 Å². The van der Waals surface area contributed by atoms with Crippen molar-refractivity contribution in [3.05, 3.63) is 0 Å². The molecule has 60 valence electrons. The van der Waals surface area contributed by atoms with E-state index in [-0.39, 0.29) is 6.42 Å². The summed E-state index contributed by atoms with van der Waals surface area (Å²) in [5, 5.41) is 2.80. The molecule has 0 spiro atoms. The molecule has 0 aromatic heterocycles. The van der Waals surface area contributed by atoms with Gasteiger partial charge in [-0.25, -0.2) is 8.78 Å². The van der Waals surface area contributed by atoms with Crippen molar-refractivity contribution in [2.24, 2.45) is 0 Å². The maximum Gasteiger partial charge on any atom is 0.265 e. The standard InChI is InChI=1S/C7H13F2N/c1-6(2)7(8,9)4-3-5-10-6/h10H,3-5H2,1-2H3. The number of alkyl halides is 2. The van der Waals surface area contributed by atoms with Gasteiger partial charge in [0.2, 0.25) is 0 Å². The van der Waals surface area contributed by atoms with E-state index in [0.29, 0.717) is 13.0 Å². The molecular weight excluding hydrogens is 136 g/mol. The molecule has 0 atom stereocenters. The molecule has 0 unspecified atom stereocenters. The molecule has 0 radical (unpaired) electrons. The van der Waals surface area contributed by atoms with Gasteiger partial charge in [0, 0.05) is 6.42 Å². The van der Waals surface area contributed by atoms with Crippen LogP contribution in [0, 0.1) is 0 Å². The number of rotatable bonds is 0.